The molecule has 8 aromatic rings. The number of hydrogen-bond acceptors (Lipinski definition) is 0. The van der Waals surface area contributed by atoms with Crippen molar-refractivity contribution in [2.24, 2.45) is 5.92 Å². The molecular formula is C58H42. The van der Waals surface area contributed by atoms with Crippen LogP contribution in [0.4, 0.5) is 0 Å². The van der Waals surface area contributed by atoms with Crippen molar-refractivity contribution in [2.75, 3.05) is 0 Å². The van der Waals surface area contributed by atoms with E-state index in [1.165, 1.54) is 94.6 Å². The molecule has 0 heterocycles. The fourth-order valence-corrected chi connectivity index (χ4v) is 9.17. The van der Waals surface area contributed by atoms with E-state index in [4.69, 9.17) is 0 Å². The summed E-state index contributed by atoms with van der Waals surface area (Å²) < 4.78 is 0. The van der Waals surface area contributed by atoms with Crippen LogP contribution in [0.3, 0.4) is 0 Å². The number of rotatable bonds is 7. The summed E-state index contributed by atoms with van der Waals surface area (Å²) >= 11 is 0. The second kappa shape index (κ2) is 15.7. The van der Waals surface area contributed by atoms with Crippen molar-refractivity contribution >= 4 is 22.3 Å². The van der Waals surface area contributed by atoms with E-state index >= 15 is 0 Å². The van der Waals surface area contributed by atoms with Gasteiger partial charge in [0.25, 0.3) is 0 Å². The minimum atomic E-state index is -0.0363. The summed E-state index contributed by atoms with van der Waals surface area (Å²) in [5, 5.41) is 0. The van der Waals surface area contributed by atoms with Crippen LogP contribution in [0.15, 0.2) is 253 Å². The van der Waals surface area contributed by atoms with E-state index in [0.717, 1.165) is 6.42 Å². The summed E-state index contributed by atoms with van der Waals surface area (Å²) in [6, 6.07) is 84.3. The highest BCUT2D eigenvalue weighted by atomic mass is 14.4. The van der Waals surface area contributed by atoms with Gasteiger partial charge in [-0.25, -0.2) is 0 Å². The molecule has 0 aliphatic heterocycles. The van der Waals surface area contributed by atoms with Crippen molar-refractivity contribution in [2.45, 2.75) is 6.42 Å². The fourth-order valence-electron chi connectivity index (χ4n) is 9.17. The molecule has 8 aromatic carbocycles. The molecule has 1 unspecified atom stereocenters. The lowest BCUT2D eigenvalue weighted by Crippen LogP contribution is -2.05. The zero-order valence-electron chi connectivity index (χ0n) is 32.3. The zero-order valence-corrected chi connectivity index (χ0v) is 32.3. The Hall–Kier alpha value is -7.28. The minimum absolute atomic E-state index is 0.0363. The van der Waals surface area contributed by atoms with Crippen molar-refractivity contribution in [3.63, 3.8) is 0 Å². The van der Waals surface area contributed by atoms with Gasteiger partial charge in [-0.05, 0) is 107 Å². The van der Waals surface area contributed by atoms with Crippen LogP contribution in [0.2, 0.25) is 0 Å². The lowest BCUT2D eigenvalue weighted by molar-refractivity contribution is 0.977. The average Bonchev–Trinajstić information content (AvgIpc) is 3.57. The molecule has 274 valence electrons. The summed E-state index contributed by atoms with van der Waals surface area (Å²) in [4.78, 5) is 0. The predicted octanol–water partition coefficient (Wildman–Crippen LogP) is 14.6. The van der Waals surface area contributed by atoms with Crippen molar-refractivity contribution in [3.05, 3.63) is 298 Å². The van der Waals surface area contributed by atoms with Gasteiger partial charge in [-0.2, -0.15) is 0 Å². The van der Waals surface area contributed by atoms with Gasteiger partial charge in [-0.1, -0.05) is 231 Å². The summed E-state index contributed by atoms with van der Waals surface area (Å²) in [5.41, 5.74) is 21.5. The molecule has 0 nitrogen and oxygen atoms in total. The van der Waals surface area contributed by atoms with Gasteiger partial charge in [-0.15, -0.1) is 0 Å². The van der Waals surface area contributed by atoms with Gasteiger partial charge >= 0.3 is 0 Å². The molecule has 0 spiro atoms. The van der Waals surface area contributed by atoms with Crippen LogP contribution in [0.5, 0.6) is 0 Å². The summed E-state index contributed by atoms with van der Waals surface area (Å²) in [6.07, 6.45) is 3.39. The SMILES string of the molecule is C1=C(c2ccccc2)c2ccc(-c3ccccc3)cc2C(c2ccccc2)=C2CC(=C(c3ccccc3)c3ccccc3)C(=C(c3ccccc3)c3ccccc3)C12. The molecule has 1 saturated carbocycles. The van der Waals surface area contributed by atoms with Gasteiger partial charge in [0.15, 0.2) is 0 Å². The first-order valence-electron chi connectivity index (χ1n) is 20.3. The highest BCUT2D eigenvalue weighted by Gasteiger charge is 2.39. The maximum atomic E-state index is 2.60. The van der Waals surface area contributed by atoms with E-state index in [1.807, 2.05) is 0 Å². The van der Waals surface area contributed by atoms with Gasteiger partial charge in [0, 0.05) is 5.92 Å². The molecule has 0 bridgehead atoms. The Morgan fingerprint density at radius 3 is 1.24 bits per heavy atom. The van der Waals surface area contributed by atoms with Crippen molar-refractivity contribution in [3.8, 4) is 11.1 Å². The van der Waals surface area contributed by atoms with Crippen LogP contribution < -0.4 is 0 Å². The Balaban J connectivity index is 1.41. The highest BCUT2D eigenvalue weighted by Crippen LogP contribution is 2.56. The molecule has 1 fully saturated rings. The molecule has 0 saturated heterocycles. The molecule has 1 atom stereocenters. The third-order valence-corrected chi connectivity index (χ3v) is 11.7. The van der Waals surface area contributed by atoms with Crippen LogP contribution in [-0.4, -0.2) is 0 Å². The maximum absolute atomic E-state index is 2.60. The third kappa shape index (κ3) is 6.59. The van der Waals surface area contributed by atoms with Gasteiger partial charge in [-0.3, -0.25) is 0 Å². The first-order chi connectivity index (χ1) is 28.8. The Bertz CT molecular complexity index is 2740. The Morgan fingerprint density at radius 1 is 0.345 bits per heavy atom. The molecule has 2 aliphatic carbocycles. The molecule has 0 N–H and O–H groups in total. The van der Waals surface area contributed by atoms with E-state index in [2.05, 4.69) is 237 Å². The van der Waals surface area contributed by atoms with Crippen molar-refractivity contribution < 1.29 is 0 Å². The van der Waals surface area contributed by atoms with E-state index < -0.39 is 0 Å². The monoisotopic (exact) mass is 738 g/mol. The molecule has 0 radical (unpaired) electrons. The summed E-state index contributed by atoms with van der Waals surface area (Å²) in [7, 11) is 0. The summed E-state index contributed by atoms with van der Waals surface area (Å²) in [6.45, 7) is 0. The van der Waals surface area contributed by atoms with Crippen molar-refractivity contribution in [1.29, 1.82) is 0 Å². The van der Waals surface area contributed by atoms with Gasteiger partial charge in [0.05, 0.1) is 0 Å². The number of allylic oxidation sites excluding steroid dienone is 4. The summed E-state index contributed by atoms with van der Waals surface area (Å²) in [5.74, 6) is -0.0363. The molecule has 0 amide bonds. The molecule has 0 aromatic heterocycles. The van der Waals surface area contributed by atoms with Gasteiger partial charge in [0.1, 0.15) is 0 Å². The number of benzene rings is 8. The minimum Gasteiger partial charge on any atom is -0.0644 e. The average molecular weight is 739 g/mol. The van der Waals surface area contributed by atoms with E-state index in [1.54, 1.807) is 0 Å². The first-order valence-corrected chi connectivity index (χ1v) is 20.3. The third-order valence-electron chi connectivity index (χ3n) is 11.7. The van der Waals surface area contributed by atoms with E-state index in [0.29, 0.717) is 0 Å². The molecule has 2 aliphatic rings. The van der Waals surface area contributed by atoms with Crippen LogP contribution in [0, 0.1) is 5.92 Å². The second-order valence-electron chi connectivity index (χ2n) is 15.1. The second-order valence-corrected chi connectivity index (χ2v) is 15.1. The molecule has 10 rings (SSSR count). The molecular weight excluding hydrogens is 697 g/mol. The predicted molar refractivity (Wildman–Crippen MR) is 244 cm³/mol. The van der Waals surface area contributed by atoms with Crippen molar-refractivity contribution in [1.82, 2.24) is 0 Å². The van der Waals surface area contributed by atoms with Gasteiger partial charge in [0.2, 0.25) is 0 Å². The standard InChI is InChI=1S/C58H42/c1-8-22-41(23-9-1)48-36-37-49-50(42-24-10-2-11-25-42)39-53-52(57(51(49)38-48)47-34-20-7-21-35-47)40-54(55(43-26-12-3-13-27-43)44-28-14-4-15-29-44)58(53)56(45-30-16-5-17-31-45)46-32-18-6-19-33-46/h1-39,53H,40H2. The highest BCUT2D eigenvalue weighted by molar-refractivity contribution is 6.01. The molecule has 0 heteroatoms. The van der Waals surface area contributed by atoms with E-state index in [-0.39, 0.29) is 5.92 Å². The van der Waals surface area contributed by atoms with Crippen LogP contribution >= 0.6 is 0 Å². The maximum Gasteiger partial charge on any atom is 0.0259 e. The van der Waals surface area contributed by atoms with Crippen LogP contribution in [0.1, 0.15) is 50.9 Å². The fraction of sp³-hybridized carbons (Fsp3) is 0.0345. The Morgan fingerprint density at radius 2 is 0.759 bits per heavy atom. The lowest BCUT2D eigenvalue weighted by Gasteiger charge is -2.22. The largest absolute Gasteiger partial charge is 0.0644 e. The molecule has 58 heavy (non-hydrogen) atoms. The van der Waals surface area contributed by atoms with Crippen LogP contribution in [-0.2, 0) is 0 Å². The Kier molecular flexibility index (Phi) is 9.51. The topological polar surface area (TPSA) is 0 Å². The zero-order chi connectivity index (χ0) is 38.7. The number of fused-ring (bicyclic) bond motifs is 2. The van der Waals surface area contributed by atoms with E-state index in [9.17, 15) is 0 Å². The quantitative estimate of drug-likeness (QED) is 0.153. The first kappa shape index (κ1) is 35.2. The van der Waals surface area contributed by atoms with Gasteiger partial charge < -0.3 is 0 Å². The smallest absolute Gasteiger partial charge is 0.0259 e. The lowest BCUT2D eigenvalue weighted by atomic mass is 9.81. The Labute approximate surface area is 342 Å². The normalized spacial score (nSPS) is 14.6. The van der Waals surface area contributed by atoms with Crippen LogP contribution in [0.25, 0.3) is 33.4 Å². The number of hydrogen-bond donors (Lipinski definition) is 0.